The van der Waals surface area contributed by atoms with Crippen LogP contribution in [0.5, 0.6) is 0 Å². The van der Waals surface area contributed by atoms with Gasteiger partial charge in [-0.3, -0.25) is 10.1 Å². The van der Waals surface area contributed by atoms with Gasteiger partial charge in [-0.25, -0.2) is 4.98 Å². The van der Waals surface area contributed by atoms with E-state index in [0.717, 1.165) is 21.7 Å². The molecule has 0 aliphatic heterocycles. The van der Waals surface area contributed by atoms with Crippen LogP contribution in [-0.2, 0) is 0 Å². The predicted octanol–water partition coefficient (Wildman–Crippen LogP) is 3.83. The van der Waals surface area contributed by atoms with E-state index in [-0.39, 0.29) is 5.91 Å². The van der Waals surface area contributed by atoms with E-state index < -0.39 is 0 Å². The second kappa shape index (κ2) is 5.50. The Balaban J connectivity index is 1.94. The van der Waals surface area contributed by atoms with Crippen molar-refractivity contribution in [3.05, 3.63) is 34.3 Å². The molecule has 3 aromatic rings. The van der Waals surface area contributed by atoms with Crippen LogP contribution in [0.1, 0.15) is 40.7 Å². The van der Waals surface area contributed by atoms with E-state index in [1.165, 1.54) is 16.9 Å². The van der Waals surface area contributed by atoms with Crippen LogP contribution in [0.3, 0.4) is 0 Å². The molecule has 1 amide bonds. The number of aromatic nitrogens is 3. The van der Waals surface area contributed by atoms with Gasteiger partial charge in [0.1, 0.15) is 4.88 Å². The number of aryl methyl sites for hydroxylation is 1. The SMILES string of the molecule is Cc1nnsc1C(=O)Nc1nc2c(C(C)C)cccc2s1. The summed E-state index contributed by atoms with van der Waals surface area (Å²) in [4.78, 5) is 17.3. The fourth-order valence-electron chi connectivity index (χ4n) is 2.08. The number of rotatable bonds is 3. The number of para-hydroxylation sites is 1. The van der Waals surface area contributed by atoms with Crippen LogP contribution in [0.15, 0.2) is 18.2 Å². The lowest BCUT2D eigenvalue weighted by molar-refractivity contribution is 0.103. The summed E-state index contributed by atoms with van der Waals surface area (Å²) in [6, 6.07) is 6.13. The van der Waals surface area contributed by atoms with Crippen LogP contribution in [0.25, 0.3) is 10.2 Å². The molecule has 0 bridgehead atoms. The lowest BCUT2D eigenvalue weighted by Crippen LogP contribution is -2.11. The van der Waals surface area contributed by atoms with Gasteiger partial charge in [0.05, 0.1) is 15.9 Å². The minimum absolute atomic E-state index is 0.201. The van der Waals surface area contributed by atoms with E-state index in [4.69, 9.17) is 0 Å². The molecule has 0 saturated carbocycles. The van der Waals surface area contributed by atoms with Crippen LogP contribution in [0.4, 0.5) is 5.13 Å². The highest BCUT2D eigenvalue weighted by molar-refractivity contribution is 7.22. The van der Waals surface area contributed by atoms with Gasteiger partial charge in [0, 0.05) is 0 Å². The van der Waals surface area contributed by atoms with Crippen molar-refractivity contribution < 1.29 is 4.79 Å². The Morgan fingerprint density at radius 1 is 1.33 bits per heavy atom. The van der Waals surface area contributed by atoms with E-state index in [1.807, 2.05) is 12.1 Å². The normalized spacial score (nSPS) is 11.2. The van der Waals surface area contributed by atoms with Crippen LogP contribution in [0.2, 0.25) is 0 Å². The number of nitrogens with one attached hydrogen (secondary N) is 1. The third-order valence-corrected chi connectivity index (χ3v) is 4.91. The maximum Gasteiger partial charge on any atom is 0.271 e. The number of thiazole rings is 1. The second-order valence-corrected chi connectivity index (χ2v) is 6.79. The maximum atomic E-state index is 12.2. The first-order valence-electron chi connectivity index (χ1n) is 6.56. The molecule has 0 unspecified atom stereocenters. The molecule has 0 radical (unpaired) electrons. The monoisotopic (exact) mass is 318 g/mol. The summed E-state index contributed by atoms with van der Waals surface area (Å²) in [5, 5.41) is 7.30. The van der Waals surface area contributed by atoms with Gasteiger partial charge < -0.3 is 0 Å². The molecule has 0 aliphatic carbocycles. The molecule has 0 aliphatic rings. The highest BCUT2D eigenvalue weighted by Gasteiger charge is 2.16. The number of carbonyl (C=O) groups is 1. The van der Waals surface area contributed by atoms with Gasteiger partial charge in [-0.05, 0) is 36.0 Å². The number of fused-ring (bicyclic) bond motifs is 1. The van der Waals surface area contributed by atoms with Crippen molar-refractivity contribution in [2.24, 2.45) is 0 Å². The van der Waals surface area contributed by atoms with E-state index in [9.17, 15) is 4.79 Å². The average Bonchev–Trinajstić information content (AvgIpc) is 3.03. The number of carbonyl (C=O) groups excluding carboxylic acids is 1. The number of hydrogen-bond acceptors (Lipinski definition) is 6. The van der Waals surface area contributed by atoms with Crippen molar-refractivity contribution in [3.8, 4) is 0 Å². The standard InChI is InChI=1S/C14H14N4OS2/c1-7(2)9-5-4-6-10-11(9)15-14(20-10)16-13(19)12-8(3)17-18-21-12/h4-7H,1-3H3,(H,15,16,19). The first kappa shape index (κ1) is 14.1. The van der Waals surface area contributed by atoms with Gasteiger partial charge >= 0.3 is 0 Å². The molecule has 1 N–H and O–H groups in total. The molecular weight excluding hydrogens is 304 g/mol. The van der Waals surface area contributed by atoms with Crippen molar-refractivity contribution >= 4 is 44.1 Å². The summed E-state index contributed by atoms with van der Waals surface area (Å²) in [5.74, 6) is 0.194. The van der Waals surface area contributed by atoms with Crippen molar-refractivity contribution in [1.29, 1.82) is 0 Å². The molecule has 3 rings (SSSR count). The summed E-state index contributed by atoms with van der Waals surface area (Å²) in [6.07, 6.45) is 0. The highest BCUT2D eigenvalue weighted by atomic mass is 32.1. The first-order chi connectivity index (χ1) is 10.1. The predicted molar refractivity (Wildman–Crippen MR) is 86.3 cm³/mol. The Kier molecular flexibility index (Phi) is 3.69. The summed E-state index contributed by atoms with van der Waals surface area (Å²) in [7, 11) is 0. The third kappa shape index (κ3) is 2.66. The van der Waals surface area contributed by atoms with Crippen molar-refractivity contribution in [1.82, 2.24) is 14.6 Å². The number of amides is 1. The molecular formula is C14H14N4OS2. The molecule has 0 atom stereocenters. The minimum Gasteiger partial charge on any atom is -0.297 e. The van der Waals surface area contributed by atoms with E-state index in [2.05, 4.69) is 39.8 Å². The van der Waals surface area contributed by atoms with Crippen LogP contribution in [0, 0.1) is 6.92 Å². The summed E-state index contributed by atoms with van der Waals surface area (Å²) >= 11 is 2.58. The van der Waals surface area contributed by atoms with Gasteiger partial charge in [0.2, 0.25) is 0 Å². The van der Waals surface area contributed by atoms with Crippen LogP contribution in [-0.4, -0.2) is 20.5 Å². The fraction of sp³-hybridized carbons (Fsp3) is 0.286. The third-order valence-electron chi connectivity index (χ3n) is 3.15. The largest absolute Gasteiger partial charge is 0.297 e. The average molecular weight is 318 g/mol. The van der Waals surface area contributed by atoms with Gasteiger partial charge in [0.25, 0.3) is 5.91 Å². The summed E-state index contributed by atoms with van der Waals surface area (Å²) in [5.41, 5.74) is 2.80. The Hall–Kier alpha value is -1.86. The molecule has 5 nitrogen and oxygen atoms in total. The summed E-state index contributed by atoms with van der Waals surface area (Å²) in [6.45, 7) is 6.05. The van der Waals surface area contributed by atoms with Gasteiger partial charge in [0.15, 0.2) is 5.13 Å². The lowest BCUT2D eigenvalue weighted by Gasteiger charge is -2.04. The Labute approximate surface area is 130 Å². The second-order valence-electron chi connectivity index (χ2n) is 5.01. The van der Waals surface area contributed by atoms with Gasteiger partial charge in [-0.15, -0.1) is 5.10 Å². The first-order valence-corrected chi connectivity index (χ1v) is 8.15. The zero-order valence-electron chi connectivity index (χ0n) is 11.9. The molecule has 21 heavy (non-hydrogen) atoms. The highest BCUT2D eigenvalue weighted by Crippen LogP contribution is 2.31. The molecule has 1 aromatic carbocycles. The van der Waals surface area contributed by atoms with Crippen molar-refractivity contribution in [2.45, 2.75) is 26.7 Å². The molecule has 108 valence electrons. The van der Waals surface area contributed by atoms with Gasteiger partial charge in [-0.1, -0.05) is 41.8 Å². The maximum absolute atomic E-state index is 12.2. The number of benzene rings is 1. The smallest absolute Gasteiger partial charge is 0.271 e. The number of hydrogen-bond donors (Lipinski definition) is 1. The topological polar surface area (TPSA) is 67.8 Å². The van der Waals surface area contributed by atoms with Crippen LogP contribution >= 0.6 is 22.9 Å². The van der Waals surface area contributed by atoms with Crippen molar-refractivity contribution in [3.63, 3.8) is 0 Å². The van der Waals surface area contributed by atoms with E-state index >= 15 is 0 Å². The van der Waals surface area contributed by atoms with E-state index in [1.54, 1.807) is 6.92 Å². The lowest BCUT2D eigenvalue weighted by atomic mass is 10.0. The Morgan fingerprint density at radius 3 is 2.81 bits per heavy atom. The fourth-order valence-corrected chi connectivity index (χ4v) is 3.53. The minimum atomic E-state index is -0.201. The van der Waals surface area contributed by atoms with Crippen molar-refractivity contribution in [2.75, 3.05) is 5.32 Å². The quantitative estimate of drug-likeness (QED) is 0.797. The Morgan fingerprint density at radius 2 is 2.14 bits per heavy atom. The Bertz CT molecular complexity index is 806. The summed E-state index contributed by atoms with van der Waals surface area (Å²) < 4.78 is 4.86. The zero-order chi connectivity index (χ0) is 15.0. The van der Waals surface area contributed by atoms with Gasteiger partial charge in [-0.2, -0.15) is 0 Å². The molecule has 2 heterocycles. The molecule has 0 spiro atoms. The molecule has 0 fully saturated rings. The molecule has 2 aromatic heterocycles. The van der Waals surface area contributed by atoms with Crippen LogP contribution < -0.4 is 5.32 Å². The van der Waals surface area contributed by atoms with E-state index in [0.29, 0.717) is 21.6 Å². The zero-order valence-corrected chi connectivity index (χ0v) is 13.5. The number of anilines is 1. The molecule has 7 heteroatoms. The number of nitrogens with zero attached hydrogens (tertiary/aromatic N) is 3. The molecule has 0 saturated heterocycles.